The number of ether oxygens (including phenoxy) is 3. The van der Waals surface area contributed by atoms with Crippen LogP contribution in [0, 0.1) is 17.3 Å². The number of methoxy groups -OCH3 is 1. The summed E-state index contributed by atoms with van der Waals surface area (Å²) in [6.45, 7) is 3.62. The Labute approximate surface area is 230 Å². The number of halogens is 1. The maximum absolute atomic E-state index is 11.0. The maximum atomic E-state index is 11.0. The molecule has 0 aromatic heterocycles. The van der Waals surface area contributed by atoms with Crippen molar-refractivity contribution in [2.24, 2.45) is 17.3 Å². The van der Waals surface area contributed by atoms with Crippen molar-refractivity contribution in [2.75, 3.05) is 33.9 Å². The summed E-state index contributed by atoms with van der Waals surface area (Å²) >= 11 is 6.45. The van der Waals surface area contributed by atoms with E-state index in [0.717, 1.165) is 47.9 Å². The van der Waals surface area contributed by atoms with E-state index in [9.17, 15) is 5.11 Å². The lowest BCUT2D eigenvalue weighted by Crippen LogP contribution is -2.83. The summed E-state index contributed by atoms with van der Waals surface area (Å²) in [7, 11) is 4.43. The van der Waals surface area contributed by atoms with E-state index in [1.165, 1.54) is 48.0 Å². The molecule has 2 aliphatic heterocycles. The molecule has 4 saturated carbocycles. The highest BCUT2D eigenvalue weighted by atomic mass is 35.5. The Morgan fingerprint density at radius 2 is 1.97 bits per heavy atom. The molecule has 1 N–H and O–H groups in total. The van der Waals surface area contributed by atoms with Gasteiger partial charge in [0.2, 0.25) is 0 Å². The Balaban J connectivity index is 1.23. The van der Waals surface area contributed by atoms with E-state index in [1.807, 2.05) is 37.4 Å². The highest BCUT2D eigenvalue weighted by Gasteiger charge is 2.83. The van der Waals surface area contributed by atoms with Gasteiger partial charge in [0.1, 0.15) is 11.7 Å². The molecular weight excluding hydrogens is 498 g/mol. The molecule has 5 nitrogen and oxygen atoms in total. The Morgan fingerprint density at radius 1 is 1.13 bits per heavy atom. The second-order valence-corrected chi connectivity index (χ2v) is 13.9. The number of phenols is 1. The number of hydrogen-bond donors (Lipinski definition) is 1. The number of likely N-dealkylation sites (N-methyl/N-ethyl adjacent to an activating group) is 1. The van der Waals surface area contributed by atoms with Gasteiger partial charge in [-0.25, -0.2) is 0 Å². The third-order valence-corrected chi connectivity index (χ3v) is 12.4. The summed E-state index contributed by atoms with van der Waals surface area (Å²) in [4.78, 5) is 0. The van der Waals surface area contributed by atoms with Crippen LogP contribution in [0.15, 0.2) is 36.4 Å². The molecule has 2 aromatic carbocycles. The topological polar surface area (TPSA) is 47.9 Å². The number of likely N-dealkylation sites (tertiary alicyclic amines) is 1. The smallest absolute Gasteiger partial charge is 0.165 e. The molecular formula is C32H39ClNO4+. The zero-order valence-corrected chi connectivity index (χ0v) is 23.3. The molecule has 202 valence electrons. The maximum Gasteiger partial charge on any atom is 0.165 e. The first kappa shape index (κ1) is 24.0. The fourth-order valence-corrected chi connectivity index (χ4v) is 10.6. The van der Waals surface area contributed by atoms with Crippen LogP contribution in [0.2, 0.25) is 5.02 Å². The fourth-order valence-electron chi connectivity index (χ4n) is 10.4. The molecule has 4 bridgehead atoms. The second kappa shape index (κ2) is 7.90. The summed E-state index contributed by atoms with van der Waals surface area (Å²) in [5, 5.41) is 11.8. The van der Waals surface area contributed by atoms with Gasteiger partial charge in [-0.3, -0.25) is 0 Å². The third-order valence-electron chi connectivity index (χ3n) is 12.1. The van der Waals surface area contributed by atoms with Gasteiger partial charge in [0.05, 0.1) is 44.8 Å². The highest BCUT2D eigenvalue weighted by Crippen LogP contribution is 2.77. The van der Waals surface area contributed by atoms with Crippen molar-refractivity contribution in [1.82, 2.24) is 0 Å². The Hall–Kier alpha value is -1.79. The molecule has 0 unspecified atom stereocenters. The van der Waals surface area contributed by atoms with E-state index in [-0.39, 0.29) is 22.9 Å². The van der Waals surface area contributed by atoms with Crippen molar-refractivity contribution in [3.05, 3.63) is 58.1 Å². The number of phenolic OH excluding ortho intramolecular Hbond substituents is 1. The van der Waals surface area contributed by atoms with Crippen molar-refractivity contribution in [1.29, 1.82) is 0 Å². The first-order valence-electron chi connectivity index (χ1n) is 14.6. The minimum Gasteiger partial charge on any atom is -0.504 e. The Kier molecular flexibility index (Phi) is 5.00. The zero-order valence-electron chi connectivity index (χ0n) is 22.5. The number of fused-ring (bicyclic) bond motifs is 2. The monoisotopic (exact) mass is 536 g/mol. The van der Waals surface area contributed by atoms with Crippen molar-refractivity contribution in [2.45, 2.75) is 74.7 Å². The standard InChI is InChI=1S/C32H38ClNO4/c1-34(17-20-7-8-20)14-13-31-27-21-9-10-25(35)28(27)38-29(31)32(36-2)12-11-30(31,26(34)15-21)16-23(32)19-37-18-22-5-3-4-6-24(22)33/h3-6,9-10,20,23,26,29H,7-8,11-19H2,1-2H3/p+1/t23-,26-,29-,30-,31+,32-,34-/m1/s1. The second-order valence-electron chi connectivity index (χ2n) is 13.5. The largest absolute Gasteiger partial charge is 0.504 e. The van der Waals surface area contributed by atoms with Crippen molar-refractivity contribution in [3.63, 3.8) is 0 Å². The van der Waals surface area contributed by atoms with E-state index in [1.54, 1.807) is 0 Å². The average molecular weight is 537 g/mol. The van der Waals surface area contributed by atoms with E-state index in [2.05, 4.69) is 13.1 Å². The van der Waals surface area contributed by atoms with Gasteiger partial charge in [-0.15, -0.1) is 0 Å². The summed E-state index contributed by atoms with van der Waals surface area (Å²) in [6, 6.07) is 12.6. The molecule has 2 aromatic rings. The molecule has 1 saturated heterocycles. The molecule has 6 heteroatoms. The summed E-state index contributed by atoms with van der Waals surface area (Å²) in [5.41, 5.74) is 3.37. The highest BCUT2D eigenvalue weighted by molar-refractivity contribution is 6.31. The van der Waals surface area contributed by atoms with Crippen LogP contribution in [0.25, 0.3) is 0 Å². The van der Waals surface area contributed by atoms with Gasteiger partial charge in [0, 0.05) is 47.8 Å². The van der Waals surface area contributed by atoms with E-state index in [0.29, 0.717) is 25.0 Å². The van der Waals surface area contributed by atoms with Gasteiger partial charge < -0.3 is 23.8 Å². The predicted molar refractivity (Wildman–Crippen MR) is 146 cm³/mol. The fraction of sp³-hybridized carbons (Fsp3) is 0.625. The van der Waals surface area contributed by atoms with Crippen LogP contribution in [-0.2, 0) is 27.9 Å². The summed E-state index contributed by atoms with van der Waals surface area (Å²) < 4.78 is 21.2. The molecule has 7 aliphatic rings. The van der Waals surface area contributed by atoms with Gasteiger partial charge in [0.15, 0.2) is 11.5 Å². The lowest BCUT2D eigenvalue weighted by atomic mass is 9.34. The zero-order chi connectivity index (χ0) is 25.9. The molecule has 5 fully saturated rings. The Morgan fingerprint density at radius 3 is 2.76 bits per heavy atom. The van der Waals surface area contributed by atoms with Gasteiger partial charge in [-0.1, -0.05) is 35.9 Å². The Bertz CT molecular complexity index is 1310. The molecule has 2 heterocycles. The molecule has 5 aliphatic carbocycles. The van der Waals surface area contributed by atoms with Crippen LogP contribution in [0.3, 0.4) is 0 Å². The third kappa shape index (κ3) is 2.84. The van der Waals surface area contributed by atoms with Crippen LogP contribution in [0.5, 0.6) is 11.5 Å². The quantitative estimate of drug-likeness (QED) is 0.466. The minimum atomic E-state index is -0.427. The van der Waals surface area contributed by atoms with Gasteiger partial charge in [-0.05, 0) is 55.4 Å². The van der Waals surface area contributed by atoms with Crippen LogP contribution in [0.4, 0.5) is 0 Å². The van der Waals surface area contributed by atoms with Crippen LogP contribution in [-0.4, -0.2) is 61.2 Å². The van der Waals surface area contributed by atoms with Crippen LogP contribution >= 0.6 is 11.6 Å². The van der Waals surface area contributed by atoms with Gasteiger partial charge in [0.25, 0.3) is 0 Å². The molecule has 38 heavy (non-hydrogen) atoms. The van der Waals surface area contributed by atoms with E-state index in [4.69, 9.17) is 25.8 Å². The van der Waals surface area contributed by atoms with Gasteiger partial charge in [-0.2, -0.15) is 0 Å². The number of piperidine rings is 1. The van der Waals surface area contributed by atoms with Crippen LogP contribution in [0.1, 0.15) is 55.2 Å². The summed E-state index contributed by atoms with van der Waals surface area (Å²) in [5.74, 6) is 2.15. The average Bonchev–Trinajstić information content (AvgIpc) is 3.64. The summed E-state index contributed by atoms with van der Waals surface area (Å²) in [6.07, 6.45) is 8.14. The number of rotatable bonds is 7. The van der Waals surface area contributed by atoms with Crippen molar-refractivity contribution in [3.8, 4) is 11.5 Å². The van der Waals surface area contributed by atoms with Gasteiger partial charge >= 0.3 is 0 Å². The number of hydrogen-bond acceptors (Lipinski definition) is 4. The van der Waals surface area contributed by atoms with Crippen molar-refractivity contribution >= 4 is 11.6 Å². The molecule has 0 amide bonds. The predicted octanol–water partition coefficient (Wildman–Crippen LogP) is 5.63. The van der Waals surface area contributed by atoms with Crippen LogP contribution < -0.4 is 4.74 Å². The molecule has 9 rings (SSSR count). The SMILES string of the molecule is CO[C@]12CC[C@@]3(C[C@@H]1COCc1ccccc1Cl)[C@H]1Cc4ccc(O)c5c4[C@@]3(CC[N@+]1(C)CC1CC1)[C@H]2O5. The molecule has 0 radical (unpaired) electrons. The normalized spacial score (nSPS) is 41.6. The first-order chi connectivity index (χ1) is 18.4. The number of aromatic hydroxyl groups is 1. The molecule has 7 atom stereocenters. The van der Waals surface area contributed by atoms with E-state index >= 15 is 0 Å². The molecule has 2 spiro atoms. The van der Waals surface area contributed by atoms with Crippen molar-refractivity contribution < 1.29 is 23.8 Å². The number of nitrogens with zero attached hydrogens (tertiary/aromatic N) is 1. The number of quaternary nitrogens is 1. The number of benzene rings is 2. The lowest BCUT2D eigenvalue weighted by Gasteiger charge is -2.74. The minimum absolute atomic E-state index is 0.0871. The van der Waals surface area contributed by atoms with E-state index < -0.39 is 5.60 Å². The lowest BCUT2D eigenvalue weighted by molar-refractivity contribution is -0.952. The first-order valence-corrected chi connectivity index (χ1v) is 15.0.